The van der Waals surface area contributed by atoms with Crippen molar-refractivity contribution in [2.45, 2.75) is 13.5 Å². The van der Waals surface area contributed by atoms with Crippen molar-refractivity contribution in [1.82, 2.24) is 10.3 Å². The van der Waals surface area contributed by atoms with Gasteiger partial charge in [0.1, 0.15) is 5.82 Å². The van der Waals surface area contributed by atoms with Crippen LogP contribution in [0.1, 0.15) is 11.1 Å². The van der Waals surface area contributed by atoms with Crippen LogP contribution in [0, 0.1) is 6.92 Å². The van der Waals surface area contributed by atoms with Gasteiger partial charge < -0.3 is 5.32 Å². The maximum atomic E-state index is 11.7. The van der Waals surface area contributed by atoms with Crippen LogP contribution in [0.4, 0.5) is 10.6 Å². The van der Waals surface area contributed by atoms with Crippen LogP contribution in [0.2, 0.25) is 0 Å². The highest BCUT2D eigenvalue weighted by Gasteiger charge is 2.04. The van der Waals surface area contributed by atoms with Crippen LogP contribution in [0.5, 0.6) is 0 Å². The van der Waals surface area contributed by atoms with Gasteiger partial charge in [0.2, 0.25) is 0 Å². The molecule has 4 nitrogen and oxygen atoms in total. The summed E-state index contributed by atoms with van der Waals surface area (Å²) in [4.78, 5) is 15.9. The molecule has 0 aliphatic rings. The highest BCUT2D eigenvalue weighted by atomic mass is 79.9. The molecule has 1 aromatic heterocycles. The van der Waals surface area contributed by atoms with Crippen LogP contribution >= 0.6 is 15.9 Å². The van der Waals surface area contributed by atoms with Crippen molar-refractivity contribution in [1.29, 1.82) is 0 Å². The molecule has 2 N–H and O–H groups in total. The minimum atomic E-state index is -0.262. The summed E-state index contributed by atoms with van der Waals surface area (Å²) in [6.45, 7) is 2.37. The van der Waals surface area contributed by atoms with Crippen molar-refractivity contribution < 1.29 is 4.79 Å². The number of urea groups is 1. The van der Waals surface area contributed by atoms with E-state index in [1.807, 2.05) is 43.3 Å². The Balaban J connectivity index is 1.90. The summed E-state index contributed by atoms with van der Waals surface area (Å²) in [6, 6.07) is 11.3. The fourth-order valence-corrected chi connectivity index (χ4v) is 2.04. The molecule has 19 heavy (non-hydrogen) atoms. The Morgan fingerprint density at radius 3 is 2.89 bits per heavy atom. The molecule has 0 aliphatic carbocycles. The number of nitrogens with zero attached hydrogens (tertiary/aromatic N) is 1. The number of nitrogens with one attached hydrogen (secondary N) is 2. The summed E-state index contributed by atoms with van der Waals surface area (Å²) in [5, 5.41) is 5.51. The molecule has 0 aliphatic heterocycles. The van der Waals surface area contributed by atoms with Crippen molar-refractivity contribution in [2.24, 2.45) is 0 Å². The molecule has 2 amide bonds. The zero-order chi connectivity index (χ0) is 13.7. The fraction of sp³-hybridized carbons (Fsp3) is 0.143. The van der Waals surface area contributed by atoms with Crippen LogP contribution in [0.3, 0.4) is 0 Å². The second-order valence-electron chi connectivity index (χ2n) is 4.11. The summed E-state index contributed by atoms with van der Waals surface area (Å²) in [5.74, 6) is 0.578. The number of halogens is 1. The first-order chi connectivity index (χ1) is 9.15. The Hall–Kier alpha value is -1.88. The highest BCUT2D eigenvalue weighted by Crippen LogP contribution is 2.12. The van der Waals surface area contributed by atoms with Crippen molar-refractivity contribution in [3.63, 3.8) is 0 Å². The number of hydrogen-bond donors (Lipinski definition) is 2. The van der Waals surface area contributed by atoms with E-state index < -0.39 is 0 Å². The van der Waals surface area contributed by atoms with E-state index in [0.29, 0.717) is 12.4 Å². The molecule has 0 atom stereocenters. The Kier molecular flexibility index (Phi) is 4.52. The summed E-state index contributed by atoms with van der Waals surface area (Å²) in [7, 11) is 0. The number of carbonyl (C=O) groups excluding carboxylic acids is 1. The van der Waals surface area contributed by atoms with Crippen LogP contribution in [0.25, 0.3) is 0 Å². The molecule has 1 heterocycles. The largest absolute Gasteiger partial charge is 0.334 e. The fourth-order valence-electron chi connectivity index (χ4n) is 1.60. The minimum Gasteiger partial charge on any atom is -0.334 e. The summed E-state index contributed by atoms with van der Waals surface area (Å²) < 4.78 is 0.993. The smallest absolute Gasteiger partial charge is 0.320 e. The number of aromatic nitrogens is 1. The number of aryl methyl sites for hydroxylation is 1. The lowest BCUT2D eigenvalue weighted by Gasteiger charge is -2.09. The Labute approximate surface area is 120 Å². The van der Waals surface area contributed by atoms with E-state index in [4.69, 9.17) is 0 Å². The first-order valence-electron chi connectivity index (χ1n) is 5.86. The molecular formula is C14H14BrN3O. The molecular weight excluding hydrogens is 306 g/mol. The first-order valence-corrected chi connectivity index (χ1v) is 6.65. The lowest BCUT2D eigenvalue weighted by atomic mass is 10.2. The number of hydrogen-bond acceptors (Lipinski definition) is 2. The average molecular weight is 320 g/mol. The summed E-state index contributed by atoms with van der Waals surface area (Å²) in [6.07, 6.45) is 1.65. The van der Waals surface area contributed by atoms with Gasteiger partial charge in [0.25, 0.3) is 0 Å². The number of amides is 2. The first kappa shape index (κ1) is 13.5. The second-order valence-corrected chi connectivity index (χ2v) is 5.02. The normalized spacial score (nSPS) is 10.0. The average Bonchev–Trinajstić information content (AvgIpc) is 2.39. The number of pyridine rings is 1. The molecule has 0 spiro atoms. The molecule has 0 radical (unpaired) electrons. The van der Waals surface area contributed by atoms with E-state index >= 15 is 0 Å². The van der Waals surface area contributed by atoms with Gasteiger partial charge in [0, 0.05) is 17.2 Å². The van der Waals surface area contributed by atoms with Crippen molar-refractivity contribution in [2.75, 3.05) is 5.32 Å². The standard InChI is InChI=1S/C14H14BrN3O/c1-10-4-3-7-16-13(10)18-14(19)17-9-11-5-2-6-12(15)8-11/h2-8H,9H2,1H3,(H2,16,17,18,19). The quantitative estimate of drug-likeness (QED) is 0.910. The lowest BCUT2D eigenvalue weighted by Crippen LogP contribution is -2.28. The molecule has 2 aromatic rings. The van der Waals surface area contributed by atoms with Crippen molar-refractivity contribution >= 4 is 27.8 Å². The third-order valence-corrected chi connectivity index (χ3v) is 3.08. The SMILES string of the molecule is Cc1cccnc1NC(=O)NCc1cccc(Br)c1. The topological polar surface area (TPSA) is 54.0 Å². The maximum Gasteiger partial charge on any atom is 0.320 e. The van der Waals surface area contributed by atoms with Gasteiger partial charge in [-0.05, 0) is 36.2 Å². The molecule has 0 fully saturated rings. The van der Waals surface area contributed by atoms with Gasteiger partial charge in [0.05, 0.1) is 0 Å². The monoisotopic (exact) mass is 319 g/mol. The van der Waals surface area contributed by atoms with Gasteiger partial charge in [0.15, 0.2) is 0 Å². The molecule has 5 heteroatoms. The third kappa shape index (κ3) is 4.06. The van der Waals surface area contributed by atoms with Gasteiger partial charge in [-0.25, -0.2) is 9.78 Å². The van der Waals surface area contributed by atoms with E-state index in [1.165, 1.54) is 0 Å². The Morgan fingerprint density at radius 1 is 1.32 bits per heavy atom. The van der Waals surface area contributed by atoms with E-state index in [-0.39, 0.29) is 6.03 Å². The summed E-state index contributed by atoms with van der Waals surface area (Å²) in [5.41, 5.74) is 1.96. The van der Waals surface area contributed by atoms with E-state index in [2.05, 4.69) is 31.5 Å². The zero-order valence-electron chi connectivity index (χ0n) is 10.5. The predicted molar refractivity (Wildman–Crippen MR) is 79.0 cm³/mol. The Morgan fingerprint density at radius 2 is 2.16 bits per heavy atom. The van der Waals surface area contributed by atoms with Crippen molar-refractivity contribution in [3.05, 3.63) is 58.2 Å². The molecule has 1 aromatic carbocycles. The number of carbonyl (C=O) groups is 1. The van der Waals surface area contributed by atoms with E-state index in [0.717, 1.165) is 15.6 Å². The summed E-state index contributed by atoms with van der Waals surface area (Å²) >= 11 is 3.39. The number of rotatable bonds is 3. The second kappa shape index (κ2) is 6.33. The van der Waals surface area contributed by atoms with Gasteiger partial charge >= 0.3 is 6.03 Å². The minimum absolute atomic E-state index is 0.262. The lowest BCUT2D eigenvalue weighted by molar-refractivity contribution is 0.251. The third-order valence-electron chi connectivity index (χ3n) is 2.58. The van der Waals surface area contributed by atoms with Crippen LogP contribution in [0.15, 0.2) is 47.1 Å². The van der Waals surface area contributed by atoms with Gasteiger partial charge in [-0.15, -0.1) is 0 Å². The van der Waals surface area contributed by atoms with Gasteiger partial charge in [-0.2, -0.15) is 0 Å². The van der Waals surface area contributed by atoms with Crippen molar-refractivity contribution in [3.8, 4) is 0 Å². The highest BCUT2D eigenvalue weighted by molar-refractivity contribution is 9.10. The Bertz CT molecular complexity index is 586. The number of benzene rings is 1. The number of anilines is 1. The maximum absolute atomic E-state index is 11.7. The predicted octanol–water partition coefficient (Wildman–Crippen LogP) is 3.47. The zero-order valence-corrected chi connectivity index (χ0v) is 12.1. The van der Waals surface area contributed by atoms with E-state index in [9.17, 15) is 4.79 Å². The van der Waals surface area contributed by atoms with E-state index in [1.54, 1.807) is 6.20 Å². The molecule has 0 unspecified atom stereocenters. The molecule has 0 bridgehead atoms. The van der Waals surface area contributed by atoms with Gasteiger partial charge in [-0.3, -0.25) is 5.32 Å². The van der Waals surface area contributed by atoms with Crippen LogP contribution in [-0.4, -0.2) is 11.0 Å². The molecule has 98 valence electrons. The van der Waals surface area contributed by atoms with Gasteiger partial charge in [-0.1, -0.05) is 34.1 Å². The van der Waals surface area contributed by atoms with Crippen LogP contribution < -0.4 is 10.6 Å². The van der Waals surface area contributed by atoms with Crippen LogP contribution in [-0.2, 0) is 6.54 Å². The molecule has 0 saturated heterocycles. The molecule has 2 rings (SSSR count). The molecule has 0 saturated carbocycles.